The molecule has 1 aliphatic rings. The van der Waals surface area contributed by atoms with Crippen LogP contribution in [0.3, 0.4) is 0 Å². The summed E-state index contributed by atoms with van der Waals surface area (Å²) < 4.78 is 5.94. The first kappa shape index (κ1) is 26.5. The Morgan fingerprint density at radius 3 is 2.70 bits per heavy atom. The van der Waals surface area contributed by atoms with E-state index in [2.05, 4.69) is 41.4 Å². The molecule has 2 heterocycles. The van der Waals surface area contributed by atoms with Gasteiger partial charge >= 0.3 is 0 Å². The standard InChI is InChI=1S/C22H37N5O2.HI/c1-15(2)11-17(5)29-20-12-18(7-9-24-20)13-25-22(23-6)26-19-8-10-27(14-19)21(28)16(3)4;/h7,9,12,15-17,19H,8,10-11,13-14H2,1-6H3,(H2,23,25,26);1H. The number of nitrogens with one attached hydrogen (secondary N) is 2. The third-order valence-corrected chi connectivity index (χ3v) is 4.94. The van der Waals surface area contributed by atoms with Crippen LogP contribution in [-0.2, 0) is 11.3 Å². The highest BCUT2D eigenvalue weighted by Gasteiger charge is 2.27. The van der Waals surface area contributed by atoms with Gasteiger partial charge in [-0.3, -0.25) is 9.79 Å². The second-order valence-electron chi connectivity index (χ2n) is 8.56. The van der Waals surface area contributed by atoms with E-state index >= 15 is 0 Å². The molecule has 0 radical (unpaired) electrons. The number of hydrogen-bond acceptors (Lipinski definition) is 4. The van der Waals surface area contributed by atoms with Crippen molar-refractivity contribution in [3.63, 3.8) is 0 Å². The van der Waals surface area contributed by atoms with Crippen molar-refractivity contribution in [2.45, 2.75) is 66.2 Å². The van der Waals surface area contributed by atoms with Crippen LogP contribution in [0.2, 0.25) is 0 Å². The molecule has 1 aromatic heterocycles. The maximum atomic E-state index is 12.2. The number of rotatable bonds is 8. The van der Waals surface area contributed by atoms with Crippen LogP contribution >= 0.6 is 24.0 Å². The van der Waals surface area contributed by atoms with E-state index in [9.17, 15) is 4.79 Å². The number of carbonyl (C=O) groups excluding carboxylic acids is 1. The van der Waals surface area contributed by atoms with E-state index in [-0.39, 0.29) is 47.9 Å². The molecule has 1 aromatic rings. The zero-order valence-corrected chi connectivity index (χ0v) is 21.5. The van der Waals surface area contributed by atoms with Gasteiger partial charge in [-0.25, -0.2) is 4.98 Å². The predicted molar refractivity (Wildman–Crippen MR) is 132 cm³/mol. The third kappa shape index (κ3) is 8.65. The van der Waals surface area contributed by atoms with Crippen LogP contribution in [0, 0.1) is 11.8 Å². The van der Waals surface area contributed by atoms with Crippen molar-refractivity contribution >= 4 is 35.8 Å². The average molecular weight is 531 g/mol. The van der Waals surface area contributed by atoms with Crippen LogP contribution < -0.4 is 15.4 Å². The summed E-state index contributed by atoms with van der Waals surface area (Å²) in [7, 11) is 1.76. The molecule has 0 aliphatic carbocycles. The lowest BCUT2D eigenvalue weighted by molar-refractivity contribution is -0.133. The van der Waals surface area contributed by atoms with Crippen molar-refractivity contribution in [1.82, 2.24) is 20.5 Å². The zero-order valence-electron chi connectivity index (χ0n) is 19.1. The molecule has 0 bridgehead atoms. The molecule has 30 heavy (non-hydrogen) atoms. The molecule has 2 N–H and O–H groups in total. The number of pyridine rings is 1. The minimum atomic E-state index is 0. The summed E-state index contributed by atoms with van der Waals surface area (Å²) >= 11 is 0. The average Bonchev–Trinajstić information content (AvgIpc) is 3.12. The summed E-state index contributed by atoms with van der Waals surface area (Å²) in [5.41, 5.74) is 1.08. The van der Waals surface area contributed by atoms with Gasteiger partial charge in [-0.2, -0.15) is 0 Å². The number of halogens is 1. The highest BCUT2D eigenvalue weighted by Crippen LogP contribution is 2.15. The van der Waals surface area contributed by atoms with E-state index in [0.717, 1.165) is 37.5 Å². The Morgan fingerprint density at radius 1 is 1.33 bits per heavy atom. The number of nitrogens with zero attached hydrogens (tertiary/aromatic N) is 3. The molecule has 1 fully saturated rings. The molecule has 0 spiro atoms. The number of hydrogen-bond donors (Lipinski definition) is 2. The summed E-state index contributed by atoms with van der Waals surface area (Å²) in [4.78, 5) is 22.7. The van der Waals surface area contributed by atoms with Crippen LogP contribution in [-0.4, -0.2) is 54.0 Å². The summed E-state index contributed by atoms with van der Waals surface area (Å²) in [6, 6.07) is 4.16. The molecule has 7 nitrogen and oxygen atoms in total. The molecule has 2 atom stereocenters. The highest BCUT2D eigenvalue weighted by atomic mass is 127. The Kier molecular flexibility index (Phi) is 11.4. The Bertz CT molecular complexity index is 696. The minimum Gasteiger partial charge on any atom is -0.475 e. The predicted octanol–water partition coefficient (Wildman–Crippen LogP) is 3.43. The minimum absolute atomic E-state index is 0. The van der Waals surface area contributed by atoms with E-state index in [4.69, 9.17) is 4.74 Å². The van der Waals surface area contributed by atoms with Crippen molar-refractivity contribution < 1.29 is 9.53 Å². The number of guanidine groups is 1. The van der Waals surface area contributed by atoms with Crippen LogP contribution in [0.25, 0.3) is 0 Å². The van der Waals surface area contributed by atoms with Crippen LogP contribution in [0.1, 0.15) is 53.0 Å². The topological polar surface area (TPSA) is 78.9 Å². The van der Waals surface area contributed by atoms with Crippen molar-refractivity contribution in [3.05, 3.63) is 23.9 Å². The first-order valence-corrected chi connectivity index (χ1v) is 10.7. The van der Waals surface area contributed by atoms with Gasteiger partial charge in [0.2, 0.25) is 11.8 Å². The summed E-state index contributed by atoms with van der Waals surface area (Å²) in [6.45, 7) is 12.5. The molecule has 170 valence electrons. The summed E-state index contributed by atoms with van der Waals surface area (Å²) in [6.07, 6.45) is 3.84. The highest BCUT2D eigenvalue weighted by molar-refractivity contribution is 14.0. The number of aromatic nitrogens is 1. The van der Waals surface area contributed by atoms with Gasteiger partial charge < -0.3 is 20.3 Å². The SMILES string of the molecule is CN=C(NCc1ccnc(OC(C)CC(C)C)c1)NC1CCN(C(=O)C(C)C)C1.I. The van der Waals surface area contributed by atoms with Crippen molar-refractivity contribution in [2.24, 2.45) is 16.8 Å². The Labute approximate surface area is 198 Å². The first-order valence-electron chi connectivity index (χ1n) is 10.7. The van der Waals surface area contributed by atoms with Gasteiger partial charge in [0.15, 0.2) is 5.96 Å². The second-order valence-corrected chi connectivity index (χ2v) is 8.56. The number of aliphatic imine (C=N–C) groups is 1. The lowest BCUT2D eigenvalue weighted by atomic mass is 10.1. The monoisotopic (exact) mass is 531 g/mol. The van der Waals surface area contributed by atoms with Gasteiger partial charge in [-0.15, -0.1) is 24.0 Å². The maximum absolute atomic E-state index is 12.2. The molecule has 2 rings (SSSR count). The van der Waals surface area contributed by atoms with Crippen molar-refractivity contribution in [1.29, 1.82) is 0 Å². The van der Waals surface area contributed by atoms with E-state index in [1.54, 1.807) is 13.2 Å². The van der Waals surface area contributed by atoms with Crippen molar-refractivity contribution in [3.8, 4) is 5.88 Å². The van der Waals surface area contributed by atoms with E-state index in [1.165, 1.54) is 0 Å². The summed E-state index contributed by atoms with van der Waals surface area (Å²) in [5.74, 6) is 2.23. The van der Waals surface area contributed by atoms with Crippen molar-refractivity contribution in [2.75, 3.05) is 20.1 Å². The van der Waals surface area contributed by atoms with E-state index in [1.807, 2.05) is 30.9 Å². The number of amides is 1. The molecule has 0 aromatic carbocycles. The normalized spacial score (nSPS) is 17.7. The Hall–Kier alpha value is -1.58. The smallest absolute Gasteiger partial charge is 0.225 e. The molecule has 1 amide bonds. The van der Waals surface area contributed by atoms with Gasteiger partial charge in [0.05, 0.1) is 6.10 Å². The van der Waals surface area contributed by atoms with Gasteiger partial charge in [-0.1, -0.05) is 27.7 Å². The lowest BCUT2D eigenvalue weighted by Gasteiger charge is -2.20. The first-order chi connectivity index (χ1) is 13.8. The Morgan fingerprint density at radius 2 is 2.07 bits per heavy atom. The zero-order chi connectivity index (χ0) is 21.4. The van der Waals surface area contributed by atoms with Gasteiger partial charge in [0, 0.05) is 50.9 Å². The number of carbonyl (C=O) groups is 1. The second kappa shape index (κ2) is 13.0. The third-order valence-electron chi connectivity index (χ3n) is 4.94. The van der Waals surface area contributed by atoms with Gasteiger partial charge in [0.1, 0.15) is 0 Å². The summed E-state index contributed by atoms with van der Waals surface area (Å²) in [5, 5.41) is 6.77. The van der Waals surface area contributed by atoms with Crippen LogP contribution in [0.5, 0.6) is 5.88 Å². The largest absolute Gasteiger partial charge is 0.475 e. The Balaban J connectivity index is 0.00000450. The molecule has 1 aliphatic heterocycles. The van der Waals surface area contributed by atoms with E-state index < -0.39 is 0 Å². The molecule has 1 saturated heterocycles. The van der Waals surface area contributed by atoms with Crippen LogP contribution in [0.4, 0.5) is 0 Å². The van der Waals surface area contributed by atoms with E-state index in [0.29, 0.717) is 18.3 Å². The maximum Gasteiger partial charge on any atom is 0.225 e. The molecule has 2 unspecified atom stereocenters. The fourth-order valence-electron chi connectivity index (χ4n) is 3.56. The quantitative estimate of drug-likeness (QED) is 0.305. The number of ether oxygens (including phenoxy) is 1. The molecule has 8 heteroatoms. The fraction of sp³-hybridized carbons (Fsp3) is 0.682. The van der Waals surface area contributed by atoms with Crippen LogP contribution in [0.15, 0.2) is 23.3 Å². The van der Waals surface area contributed by atoms with Gasteiger partial charge in [-0.05, 0) is 37.3 Å². The van der Waals surface area contributed by atoms with Gasteiger partial charge in [0.25, 0.3) is 0 Å². The molecular weight excluding hydrogens is 493 g/mol. The molecule has 0 saturated carbocycles. The number of likely N-dealkylation sites (tertiary alicyclic amines) is 1. The molecular formula is C22H38IN5O2. The fourth-order valence-corrected chi connectivity index (χ4v) is 3.56. The lowest BCUT2D eigenvalue weighted by Crippen LogP contribution is -2.45.